The molecule has 4 aromatic heterocycles. The van der Waals surface area contributed by atoms with Crippen LogP contribution in [0.15, 0.2) is 108 Å². The number of H-pyrrole nitrogens is 1. The van der Waals surface area contributed by atoms with Crippen LogP contribution in [0.25, 0.3) is 10.9 Å². The number of para-hydroxylation sites is 1. The van der Waals surface area contributed by atoms with Gasteiger partial charge in [-0.25, -0.2) is 10.9 Å². The summed E-state index contributed by atoms with van der Waals surface area (Å²) < 4.78 is 14.1. The number of rotatable bonds is 13. The van der Waals surface area contributed by atoms with Gasteiger partial charge in [-0.3, -0.25) is 0 Å². The number of benzene rings is 3. The number of aryl methyl sites for hydroxylation is 1. The molecule has 2 aliphatic heterocycles. The highest BCUT2D eigenvalue weighted by Crippen LogP contribution is 2.29. The zero-order chi connectivity index (χ0) is 40.7. The number of hydrogen-bond donors (Lipinski definition) is 5. The molecule has 9 rings (SSSR count). The van der Waals surface area contributed by atoms with Crippen molar-refractivity contribution in [1.29, 1.82) is 0 Å². The predicted octanol–water partition coefficient (Wildman–Crippen LogP) is 6.55. The molecule has 2 saturated heterocycles. The van der Waals surface area contributed by atoms with Gasteiger partial charge in [0.05, 0.1) is 44.3 Å². The molecular formula is C41H41ClN16O2. The first-order valence-corrected chi connectivity index (χ1v) is 19.8. The summed E-state index contributed by atoms with van der Waals surface area (Å²) in [7, 11) is 0. The van der Waals surface area contributed by atoms with Gasteiger partial charge in [-0.05, 0) is 49.4 Å². The predicted molar refractivity (Wildman–Crippen MR) is 234 cm³/mol. The first-order chi connectivity index (χ1) is 29.5. The molecule has 7 aromatic rings. The van der Waals surface area contributed by atoms with Gasteiger partial charge >= 0.3 is 0 Å². The molecule has 2 aliphatic rings. The van der Waals surface area contributed by atoms with Gasteiger partial charge in [0.15, 0.2) is 6.23 Å². The number of anilines is 8. The number of fused-ring (bicyclic) bond motifs is 1. The number of hydrazone groups is 2. The van der Waals surface area contributed by atoms with E-state index in [4.69, 9.17) is 31.0 Å². The molecular weight excluding hydrogens is 784 g/mol. The Balaban J connectivity index is 0.959. The zero-order valence-corrected chi connectivity index (χ0v) is 33.3. The second kappa shape index (κ2) is 17.8. The molecule has 0 aliphatic carbocycles. The summed E-state index contributed by atoms with van der Waals surface area (Å²) in [6.07, 6.45) is 8.78. The molecule has 5 N–H and O–H groups in total. The van der Waals surface area contributed by atoms with Gasteiger partial charge in [0.2, 0.25) is 35.7 Å². The second-order valence-electron chi connectivity index (χ2n) is 14.0. The number of aromatic nitrogens is 8. The fourth-order valence-electron chi connectivity index (χ4n) is 6.74. The van der Waals surface area contributed by atoms with Crippen molar-refractivity contribution in [2.45, 2.75) is 13.2 Å². The molecule has 19 heteroatoms. The lowest BCUT2D eigenvalue weighted by molar-refractivity contribution is -0.00607. The maximum Gasteiger partial charge on any atom is 0.250 e. The minimum absolute atomic E-state index is 0.278. The van der Waals surface area contributed by atoms with Crippen molar-refractivity contribution >= 4 is 82.0 Å². The number of morpholine rings is 2. The molecule has 1 atom stereocenters. The lowest BCUT2D eigenvalue weighted by atomic mass is 10.2. The van der Waals surface area contributed by atoms with Crippen LogP contribution in [0.2, 0.25) is 5.02 Å². The number of ether oxygens (including phenoxy) is 2. The number of hydrogen-bond acceptors (Lipinski definition) is 16. The van der Waals surface area contributed by atoms with Crippen LogP contribution in [0, 0.1) is 6.92 Å². The van der Waals surface area contributed by atoms with Gasteiger partial charge in [0, 0.05) is 71.1 Å². The summed E-state index contributed by atoms with van der Waals surface area (Å²) >= 11 is 6.24. The van der Waals surface area contributed by atoms with E-state index in [1.165, 1.54) is 0 Å². The van der Waals surface area contributed by atoms with Gasteiger partial charge in [0.25, 0.3) is 0 Å². The van der Waals surface area contributed by atoms with Crippen LogP contribution in [0.3, 0.4) is 0 Å². The van der Waals surface area contributed by atoms with Crippen LogP contribution >= 0.6 is 11.6 Å². The van der Waals surface area contributed by atoms with Crippen molar-refractivity contribution < 1.29 is 9.47 Å². The van der Waals surface area contributed by atoms with Crippen molar-refractivity contribution in [2.24, 2.45) is 10.2 Å². The third kappa shape index (κ3) is 9.25. The van der Waals surface area contributed by atoms with Gasteiger partial charge in [-0.1, -0.05) is 53.6 Å². The third-order valence-corrected chi connectivity index (χ3v) is 9.95. The molecule has 2 fully saturated rings. The second-order valence-corrected chi connectivity index (χ2v) is 14.4. The molecule has 0 bridgehead atoms. The number of nitrogens with zero attached hydrogens (tertiary/aromatic N) is 11. The van der Waals surface area contributed by atoms with E-state index in [2.05, 4.69) is 83.1 Å². The SMILES string of the molecule is Cc1ccc(Nc2nc(N/N=C\c3cc[nH]c3)nc(N3CCOC(n4cc(/C=N/Nc5nc(Nc6cccc(Cl)c6)nc(N6CCOCC6)n5)c5ccccc54)C3)n2)cc1. The summed E-state index contributed by atoms with van der Waals surface area (Å²) in [6, 6.07) is 25.4. The maximum absolute atomic E-state index is 6.40. The molecule has 0 radical (unpaired) electrons. The maximum atomic E-state index is 6.40. The number of aromatic amines is 1. The Labute approximate surface area is 349 Å². The van der Waals surface area contributed by atoms with Crippen molar-refractivity contribution in [3.05, 3.63) is 119 Å². The van der Waals surface area contributed by atoms with E-state index in [1.807, 2.05) is 86.2 Å². The summed E-state index contributed by atoms with van der Waals surface area (Å²) in [6.45, 7) is 6.00. The standard InChI is InChI=1S/C41H41ClN16O2/c1-27-9-11-31(12-10-27)46-36-48-39(54-44-23-28-13-14-43-22-28)53-41(51-36)57-17-20-60-35(26-57)58-25-29(33-7-2-3-8-34(33)58)24-45-55-38-49-37(47-32-6-4-5-30(42)21-32)50-40(52-38)56-15-18-59-19-16-56/h2-14,21-25,35,43H,15-20,26H2,1H3,(H2,46,48,51,53,54)(H2,47,49,50,52,55)/b44-23-,45-24+. The van der Waals surface area contributed by atoms with E-state index < -0.39 is 0 Å². The van der Waals surface area contributed by atoms with Gasteiger partial charge in [0.1, 0.15) is 0 Å². The molecule has 3 aromatic carbocycles. The fourth-order valence-corrected chi connectivity index (χ4v) is 6.93. The molecule has 18 nitrogen and oxygen atoms in total. The lowest BCUT2D eigenvalue weighted by Crippen LogP contribution is -2.41. The van der Waals surface area contributed by atoms with Crippen molar-refractivity contribution in [3.63, 3.8) is 0 Å². The Kier molecular flexibility index (Phi) is 11.4. The highest BCUT2D eigenvalue weighted by Gasteiger charge is 2.27. The van der Waals surface area contributed by atoms with Crippen LogP contribution in [0.1, 0.15) is 22.9 Å². The number of halogens is 1. The van der Waals surface area contributed by atoms with E-state index in [0.717, 1.165) is 39.0 Å². The Morgan fingerprint density at radius 3 is 2.18 bits per heavy atom. The van der Waals surface area contributed by atoms with Crippen molar-refractivity contribution in [1.82, 2.24) is 39.5 Å². The van der Waals surface area contributed by atoms with E-state index in [0.29, 0.717) is 80.8 Å². The van der Waals surface area contributed by atoms with E-state index in [-0.39, 0.29) is 12.2 Å². The van der Waals surface area contributed by atoms with Gasteiger partial charge in [-0.15, -0.1) is 0 Å². The van der Waals surface area contributed by atoms with E-state index >= 15 is 0 Å². The minimum atomic E-state index is -0.369. The number of nitrogens with one attached hydrogen (secondary N) is 5. The molecule has 0 amide bonds. The molecule has 0 saturated carbocycles. The quantitative estimate of drug-likeness (QED) is 0.0620. The third-order valence-electron chi connectivity index (χ3n) is 9.71. The Morgan fingerprint density at radius 1 is 0.733 bits per heavy atom. The average molecular weight is 825 g/mol. The molecule has 6 heterocycles. The monoisotopic (exact) mass is 824 g/mol. The van der Waals surface area contributed by atoms with Crippen molar-refractivity contribution in [2.75, 3.05) is 77.3 Å². The Bertz CT molecular complexity index is 2610. The van der Waals surface area contributed by atoms with Crippen LogP contribution in [-0.2, 0) is 9.47 Å². The normalized spacial score (nSPS) is 15.9. The van der Waals surface area contributed by atoms with Gasteiger partial charge in [-0.2, -0.15) is 40.1 Å². The summed E-state index contributed by atoms with van der Waals surface area (Å²) in [5, 5.41) is 17.1. The van der Waals surface area contributed by atoms with Crippen LogP contribution in [-0.4, -0.2) is 97.9 Å². The first-order valence-electron chi connectivity index (χ1n) is 19.4. The zero-order valence-electron chi connectivity index (χ0n) is 32.5. The summed E-state index contributed by atoms with van der Waals surface area (Å²) in [5.74, 6) is 2.30. The summed E-state index contributed by atoms with van der Waals surface area (Å²) in [5.41, 5.74) is 11.5. The Hall–Kier alpha value is -7.15. The molecule has 304 valence electrons. The fraction of sp³-hybridized carbons (Fsp3) is 0.220. The Morgan fingerprint density at radius 2 is 1.43 bits per heavy atom. The van der Waals surface area contributed by atoms with E-state index in [9.17, 15) is 0 Å². The van der Waals surface area contributed by atoms with Crippen LogP contribution < -0.4 is 31.3 Å². The van der Waals surface area contributed by atoms with Crippen LogP contribution in [0.4, 0.5) is 47.1 Å². The van der Waals surface area contributed by atoms with E-state index in [1.54, 1.807) is 18.5 Å². The molecule has 60 heavy (non-hydrogen) atoms. The summed E-state index contributed by atoms with van der Waals surface area (Å²) in [4.78, 5) is 35.3. The largest absolute Gasteiger partial charge is 0.378 e. The highest BCUT2D eigenvalue weighted by molar-refractivity contribution is 6.30. The average Bonchev–Trinajstić information content (AvgIpc) is 3.93. The highest BCUT2D eigenvalue weighted by atomic mass is 35.5. The molecule has 1 unspecified atom stereocenters. The van der Waals surface area contributed by atoms with Crippen molar-refractivity contribution in [3.8, 4) is 0 Å². The smallest absolute Gasteiger partial charge is 0.250 e. The minimum Gasteiger partial charge on any atom is -0.378 e. The van der Waals surface area contributed by atoms with Crippen LogP contribution in [0.5, 0.6) is 0 Å². The van der Waals surface area contributed by atoms with Gasteiger partial charge < -0.3 is 39.5 Å². The molecule has 0 spiro atoms. The first kappa shape index (κ1) is 38.4. The topological polar surface area (TPSA) is 196 Å². The lowest BCUT2D eigenvalue weighted by Gasteiger charge is -2.34.